The Bertz CT molecular complexity index is 729. The van der Waals surface area contributed by atoms with Crippen LogP contribution in [0.5, 0.6) is 0 Å². The zero-order valence-electron chi connectivity index (χ0n) is 13.4. The van der Waals surface area contributed by atoms with Crippen LogP contribution in [-0.4, -0.2) is 52.5 Å². The molecule has 6 nitrogen and oxygen atoms in total. The molecule has 2 heterocycles. The summed E-state index contributed by atoms with van der Waals surface area (Å²) < 4.78 is 5.44. The first-order valence-corrected chi connectivity index (χ1v) is 8.96. The van der Waals surface area contributed by atoms with Gasteiger partial charge < -0.3 is 30.7 Å². The summed E-state index contributed by atoms with van der Waals surface area (Å²) in [5.41, 5.74) is 7.86. The number of hydrogen-bond donors (Lipinski definition) is 4. The fourth-order valence-corrected chi connectivity index (χ4v) is 4.38. The number of para-hydroxylation sites is 2. The Labute approximate surface area is 149 Å². The van der Waals surface area contributed by atoms with Crippen LogP contribution in [0.2, 0.25) is 0 Å². The fraction of sp³-hybridized carbons (Fsp3) is 0.333. The minimum atomic E-state index is -1.41. The van der Waals surface area contributed by atoms with Crippen LogP contribution in [0.25, 0.3) is 0 Å². The van der Waals surface area contributed by atoms with Gasteiger partial charge in [-0.05, 0) is 24.3 Å². The van der Waals surface area contributed by atoms with Crippen molar-refractivity contribution >= 4 is 23.1 Å². The Morgan fingerprint density at radius 3 is 2.08 bits per heavy atom. The van der Waals surface area contributed by atoms with Gasteiger partial charge in [0.05, 0.1) is 30.1 Å². The van der Waals surface area contributed by atoms with E-state index in [1.165, 1.54) is 0 Å². The summed E-state index contributed by atoms with van der Waals surface area (Å²) in [5, 5.41) is 30.0. The minimum absolute atomic E-state index is 0.313. The first-order valence-electron chi connectivity index (χ1n) is 8.15. The maximum atomic E-state index is 10.4. The van der Waals surface area contributed by atoms with Crippen LogP contribution in [0.1, 0.15) is 0 Å². The predicted octanol–water partition coefficient (Wildman–Crippen LogP) is 1.06. The SMILES string of the molecule is N[C@@H]1[C@@H](O)[C@H](O)O[C@H](CN2c3ccccc3Sc3ccccc32)[C@H]1O. The number of aliphatic hydroxyl groups is 3. The average molecular weight is 360 g/mol. The van der Waals surface area contributed by atoms with Crippen molar-refractivity contribution in [1.82, 2.24) is 0 Å². The molecule has 5 atom stereocenters. The highest BCUT2D eigenvalue weighted by Gasteiger charge is 2.43. The van der Waals surface area contributed by atoms with E-state index in [0.29, 0.717) is 6.54 Å². The molecule has 0 unspecified atom stereocenters. The number of benzene rings is 2. The summed E-state index contributed by atoms with van der Waals surface area (Å²) in [4.78, 5) is 4.28. The maximum Gasteiger partial charge on any atom is 0.183 e. The number of rotatable bonds is 2. The summed E-state index contributed by atoms with van der Waals surface area (Å²) in [7, 11) is 0. The Morgan fingerprint density at radius 1 is 0.920 bits per heavy atom. The Balaban J connectivity index is 1.68. The van der Waals surface area contributed by atoms with E-state index in [4.69, 9.17) is 10.5 Å². The highest BCUT2D eigenvalue weighted by molar-refractivity contribution is 7.99. The summed E-state index contributed by atoms with van der Waals surface area (Å²) in [6.07, 6.45) is -4.51. The second-order valence-electron chi connectivity index (χ2n) is 6.27. The van der Waals surface area contributed by atoms with Gasteiger partial charge in [-0.1, -0.05) is 36.0 Å². The molecule has 1 saturated heterocycles. The van der Waals surface area contributed by atoms with Gasteiger partial charge in [0.1, 0.15) is 12.2 Å². The predicted molar refractivity (Wildman–Crippen MR) is 94.9 cm³/mol. The third-order valence-electron chi connectivity index (χ3n) is 4.67. The van der Waals surface area contributed by atoms with E-state index < -0.39 is 30.6 Å². The molecule has 2 aliphatic heterocycles. The maximum absolute atomic E-state index is 10.4. The van der Waals surface area contributed by atoms with E-state index in [9.17, 15) is 15.3 Å². The van der Waals surface area contributed by atoms with Crippen molar-refractivity contribution in [2.24, 2.45) is 5.73 Å². The van der Waals surface area contributed by atoms with Crippen molar-refractivity contribution in [3.8, 4) is 0 Å². The molecule has 2 aromatic rings. The van der Waals surface area contributed by atoms with Crippen LogP contribution < -0.4 is 10.6 Å². The highest BCUT2D eigenvalue weighted by atomic mass is 32.2. The molecule has 2 aromatic carbocycles. The lowest BCUT2D eigenvalue weighted by molar-refractivity contribution is -0.249. The number of fused-ring (bicyclic) bond motifs is 2. The first-order chi connectivity index (χ1) is 12.1. The minimum Gasteiger partial charge on any atom is -0.389 e. The molecule has 4 rings (SSSR count). The number of nitrogens with zero attached hydrogens (tertiary/aromatic N) is 1. The molecule has 7 heteroatoms. The quantitative estimate of drug-likeness (QED) is 0.635. The van der Waals surface area contributed by atoms with Crippen LogP contribution >= 0.6 is 11.8 Å². The largest absolute Gasteiger partial charge is 0.389 e. The molecule has 132 valence electrons. The van der Waals surface area contributed by atoms with E-state index in [2.05, 4.69) is 4.90 Å². The molecule has 0 amide bonds. The van der Waals surface area contributed by atoms with Gasteiger partial charge in [0, 0.05) is 9.79 Å². The summed E-state index contributed by atoms with van der Waals surface area (Å²) in [6.45, 7) is 0.313. The van der Waals surface area contributed by atoms with E-state index in [1.54, 1.807) is 11.8 Å². The lowest BCUT2D eigenvalue weighted by Crippen LogP contribution is -2.63. The molecule has 0 bridgehead atoms. The van der Waals surface area contributed by atoms with Crippen molar-refractivity contribution < 1.29 is 20.1 Å². The molecule has 25 heavy (non-hydrogen) atoms. The van der Waals surface area contributed by atoms with Crippen molar-refractivity contribution in [3.05, 3.63) is 48.5 Å². The summed E-state index contributed by atoms with van der Waals surface area (Å²) in [5.74, 6) is 0. The first kappa shape index (κ1) is 16.8. The molecule has 0 saturated carbocycles. The second kappa shape index (κ2) is 6.60. The number of hydrogen-bond acceptors (Lipinski definition) is 7. The Kier molecular flexibility index (Phi) is 4.45. The number of aliphatic hydroxyl groups excluding tert-OH is 3. The van der Waals surface area contributed by atoms with Gasteiger partial charge in [0.25, 0.3) is 0 Å². The Hall–Kier alpha value is -1.61. The van der Waals surface area contributed by atoms with Gasteiger partial charge in [-0.25, -0.2) is 0 Å². The normalized spacial score (nSPS) is 31.4. The Morgan fingerprint density at radius 2 is 1.48 bits per heavy atom. The average Bonchev–Trinajstić information content (AvgIpc) is 2.64. The molecule has 0 aliphatic carbocycles. The second-order valence-corrected chi connectivity index (χ2v) is 7.36. The summed E-state index contributed by atoms with van der Waals surface area (Å²) >= 11 is 1.69. The third-order valence-corrected chi connectivity index (χ3v) is 5.80. The molecule has 2 aliphatic rings. The van der Waals surface area contributed by atoms with Gasteiger partial charge in [-0.3, -0.25) is 0 Å². The van der Waals surface area contributed by atoms with Crippen molar-refractivity contribution in [3.63, 3.8) is 0 Å². The van der Waals surface area contributed by atoms with Crippen LogP contribution in [0.3, 0.4) is 0 Å². The van der Waals surface area contributed by atoms with E-state index in [0.717, 1.165) is 21.2 Å². The van der Waals surface area contributed by atoms with Gasteiger partial charge in [0.2, 0.25) is 0 Å². The van der Waals surface area contributed by atoms with Gasteiger partial charge >= 0.3 is 0 Å². The van der Waals surface area contributed by atoms with Crippen LogP contribution in [0, 0.1) is 0 Å². The molecule has 1 fully saturated rings. The fourth-order valence-electron chi connectivity index (χ4n) is 3.29. The molecular formula is C18H20N2O4S. The topological polar surface area (TPSA) is 99.2 Å². The zero-order valence-corrected chi connectivity index (χ0v) is 14.2. The highest BCUT2D eigenvalue weighted by Crippen LogP contribution is 2.48. The molecule has 5 N–H and O–H groups in total. The number of nitrogens with two attached hydrogens (primary N) is 1. The number of ether oxygens (including phenoxy) is 1. The monoisotopic (exact) mass is 360 g/mol. The van der Waals surface area contributed by atoms with Crippen LogP contribution in [0.15, 0.2) is 58.3 Å². The van der Waals surface area contributed by atoms with Crippen LogP contribution in [0.4, 0.5) is 11.4 Å². The van der Waals surface area contributed by atoms with E-state index >= 15 is 0 Å². The zero-order chi connectivity index (χ0) is 17.6. The van der Waals surface area contributed by atoms with Crippen LogP contribution in [-0.2, 0) is 4.74 Å². The van der Waals surface area contributed by atoms with Gasteiger partial charge in [0.15, 0.2) is 6.29 Å². The number of anilines is 2. The van der Waals surface area contributed by atoms with E-state index in [-0.39, 0.29) is 0 Å². The molecular weight excluding hydrogens is 340 g/mol. The molecule has 0 radical (unpaired) electrons. The van der Waals surface area contributed by atoms with Gasteiger partial charge in [-0.15, -0.1) is 0 Å². The van der Waals surface area contributed by atoms with Crippen molar-refractivity contribution in [1.29, 1.82) is 0 Å². The summed E-state index contributed by atoms with van der Waals surface area (Å²) in [6, 6.07) is 15.1. The van der Waals surface area contributed by atoms with Crippen molar-refractivity contribution in [2.45, 2.75) is 40.4 Å². The van der Waals surface area contributed by atoms with E-state index in [1.807, 2.05) is 48.5 Å². The smallest absolute Gasteiger partial charge is 0.183 e. The molecule has 0 aromatic heterocycles. The molecule has 0 spiro atoms. The van der Waals surface area contributed by atoms with Crippen molar-refractivity contribution in [2.75, 3.05) is 11.4 Å². The lowest BCUT2D eigenvalue weighted by Gasteiger charge is -2.42. The third kappa shape index (κ3) is 2.93. The standard InChI is InChI=1S/C18H20N2O4S/c19-15-16(21)12(24-18(23)17(15)22)9-20-10-5-1-3-7-13(10)25-14-8-4-2-6-11(14)20/h1-8,12,15-18,21-23H,9,19H2/t12-,15+,16-,17-,18-/m1/s1. The lowest BCUT2D eigenvalue weighted by atomic mass is 9.96. The van der Waals surface area contributed by atoms with Gasteiger partial charge in [-0.2, -0.15) is 0 Å².